The predicted molar refractivity (Wildman–Crippen MR) is 51.3 cm³/mol. The van der Waals surface area contributed by atoms with Gasteiger partial charge in [0.15, 0.2) is 11.5 Å². The monoisotopic (exact) mass is 178 g/mol. The van der Waals surface area contributed by atoms with Gasteiger partial charge in [-0.25, -0.2) is 0 Å². The fraction of sp³-hybridized carbons (Fsp3) is 0.455. The molecule has 0 bridgehead atoms. The summed E-state index contributed by atoms with van der Waals surface area (Å²) < 4.78 is 11.3. The molecule has 0 N–H and O–H groups in total. The molecule has 2 rings (SSSR count). The average molecular weight is 178 g/mol. The Labute approximate surface area is 78.5 Å². The zero-order valence-electron chi connectivity index (χ0n) is 7.82. The Kier molecular flexibility index (Phi) is 2.39. The molecule has 1 aliphatic heterocycles. The Bertz CT molecular complexity index is 283. The lowest BCUT2D eigenvalue weighted by molar-refractivity contribution is 0.163. The zero-order valence-corrected chi connectivity index (χ0v) is 7.82. The van der Waals surface area contributed by atoms with Gasteiger partial charge in [0.25, 0.3) is 0 Å². The number of hydrogen-bond donors (Lipinski definition) is 0. The molecule has 0 saturated heterocycles. The molecule has 1 atom stereocenters. The van der Waals surface area contributed by atoms with Gasteiger partial charge in [0.05, 0.1) is 12.7 Å². The molecule has 0 spiro atoms. The summed E-state index contributed by atoms with van der Waals surface area (Å²) in [6.07, 6.45) is 2.43. The van der Waals surface area contributed by atoms with Crippen molar-refractivity contribution in [1.82, 2.24) is 0 Å². The van der Waals surface area contributed by atoms with Crippen molar-refractivity contribution in [3.05, 3.63) is 24.3 Å². The molecule has 13 heavy (non-hydrogen) atoms. The molecule has 1 aliphatic rings. The van der Waals surface area contributed by atoms with E-state index in [0.717, 1.165) is 30.9 Å². The summed E-state index contributed by atoms with van der Waals surface area (Å²) in [5.74, 6) is 1.74. The minimum atomic E-state index is 0.296. The Morgan fingerprint density at radius 1 is 1.23 bits per heavy atom. The Morgan fingerprint density at radius 3 is 2.85 bits per heavy atom. The van der Waals surface area contributed by atoms with Crippen molar-refractivity contribution in [2.24, 2.45) is 0 Å². The van der Waals surface area contributed by atoms with Crippen LogP contribution in [0, 0.1) is 0 Å². The number of ether oxygens (including phenoxy) is 2. The topological polar surface area (TPSA) is 18.5 Å². The van der Waals surface area contributed by atoms with Crippen molar-refractivity contribution < 1.29 is 9.47 Å². The summed E-state index contributed by atoms with van der Waals surface area (Å²) in [6, 6.07) is 7.84. The Morgan fingerprint density at radius 2 is 2.00 bits per heavy atom. The molecule has 0 fully saturated rings. The van der Waals surface area contributed by atoms with Crippen molar-refractivity contribution in [2.75, 3.05) is 6.61 Å². The van der Waals surface area contributed by atoms with E-state index in [1.54, 1.807) is 0 Å². The normalized spacial score (nSPS) is 21.8. The molecule has 1 heterocycles. The second kappa shape index (κ2) is 3.69. The number of fused-ring (bicyclic) bond motifs is 1. The highest BCUT2D eigenvalue weighted by Gasteiger charge is 2.11. The van der Waals surface area contributed by atoms with Crippen LogP contribution in [0.4, 0.5) is 0 Å². The van der Waals surface area contributed by atoms with E-state index in [2.05, 4.69) is 6.92 Å². The van der Waals surface area contributed by atoms with Gasteiger partial charge in [0.2, 0.25) is 0 Å². The van der Waals surface area contributed by atoms with Crippen LogP contribution >= 0.6 is 0 Å². The van der Waals surface area contributed by atoms with Gasteiger partial charge in [-0.2, -0.15) is 0 Å². The van der Waals surface area contributed by atoms with Crippen LogP contribution in [0.3, 0.4) is 0 Å². The van der Waals surface area contributed by atoms with E-state index in [1.165, 1.54) is 0 Å². The van der Waals surface area contributed by atoms with Gasteiger partial charge in [-0.1, -0.05) is 12.1 Å². The predicted octanol–water partition coefficient (Wildman–Crippen LogP) is 2.63. The van der Waals surface area contributed by atoms with E-state index < -0.39 is 0 Å². The van der Waals surface area contributed by atoms with Crippen LogP contribution in [0.25, 0.3) is 0 Å². The number of hydrogen-bond acceptors (Lipinski definition) is 2. The highest BCUT2D eigenvalue weighted by atomic mass is 16.5. The minimum absolute atomic E-state index is 0.296. The SMILES string of the molecule is CC1CCCOc2ccccc2O1. The molecule has 1 aromatic carbocycles. The van der Waals surface area contributed by atoms with Gasteiger partial charge in [-0.05, 0) is 31.9 Å². The molecule has 1 aromatic rings. The Balaban J connectivity index is 2.25. The Hall–Kier alpha value is -1.18. The first-order chi connectivity index (χ1) is 6.36. The minimum Gasteiger partial charge on any atom is -0.490 e. The second-order valence-electron chi connectivity index (χ2n) is 3.37. The summed E-state index contributed by atoms with van der Waals surface area (Å²) in [5.41, 5.74) is 0. The first-order valence-electron chi connectivity index (χ1n) is 4.75. The summed E-state index contributed by atoms with van der Waals surface area (Å²) >= 11 is 0. The van der Waals surface area contributed by atoms with Gasteiger partial charge in [-0.15, -0.1) is 0 Å². The molecule has 1 unspecified atom stereocenters. The van der Waals surface area contributed by atoms with Gasteiger partial charge in [0.1, 0.15) is 0 Å². The number of rotatable bonds is 0. The summed E-state index contributed by atoms with van der Waals surface area (Å²) in [4.78, 5) is 0. The van der Waals surface area contributed by atoms with Crippen molar-refractivity contribution in [3.8, 4) is 11.5 Å². The van der Waals surface area contributed by atoms with Crippen molar-refractivity contribution >= 4 is 0 Å². The van der Waals surface area contributed by atoms with Crippen LogP contribution in [-0.2, 0) is 0 Å². The molecule has 2 nitrogen and oxygen atoms in total. The molecule has 0 aromatic heterocycles. The quantitative estimate of drug-likeness (QED) is 0.608. The van der Waals surface area contributed by atoms with Crippen LogP contribution in [-0.4, -0.2) is 12.7 Å². The van der Waals surface area contributed by atoms with Crippen molar-refractivity contribution in [3.63, 3.8) is 0 Å². The lowest BCUT2D eigenvalue weighted by atomic mass is 10.2. The maximum atomic E-state index is 5.71. The van der Waals surface area contributed by atoms with E-state index in [0.29, 0.717) is 6.10 Å². The summed E-state index contributed by atoms with van der Waals surface area (Å²) in [6.45, 7) is 2.90. The first-order valence-corrected chi connectivity index (χ1v) is 4.75. The third-order valence-electron chi connectivity index (χ3n) is 2.19. The zero-order chi connectivity index (χ0) is 9.10. The fourth-order valence-corrected chi connectivity index (χ4v) is 1.50. The van der Waals surface area contributed by atoms with Crippen molar-refractivity contribution in [1.29, 1.82) is 0 Å². The van der Waals surface area contributed by atoms with Crippen LogP contribution in [0.2, 0.25) is 0 Å². The highest BCUT2D eigenvalue weighted by Crippen LogP contribution is 2.29. The molecule has 0 saturated carbocycles. The van der Waals surface area contributed by atoms with Gasteiger partial charge in [-0.3, -0.25) is 0 Å². The third kappa shape index (κ3) is 1.94. The molecule has 0 radical (unpaired) electrons. The molecule has 2 heteroatoms. The van der Waals surface area contributed by atoms with Crippen LogP contribution in [0.1, 0.15) is 19.8 Å². The number of para-hydroxylation sites is 2. The highest BCUT2D eigenvalue weighted by molar-refractivity contribution is 5.39. The van der Waals surface area contributed by atoms with E-state index in [4.69, 9.17) is 9.47 Å². The lowest BCUT2D eigenvalue weighted by Crippen LogP contribution is -2.16. The largest absolute Gasteiger partial charge is 0.490 e. The van der Waals surface area contributed by atoms with E-state index in [-0.39, 0.29) is 0 Å². The summed E-state index contributed by atoms with van der Waals surface area (Å²) in [5, 5.41) is 0. The third-order valence-corrected chi connectivity index (χ3v) is 2.19. The lowest BCUT2D eigenvalue weighted by Gasteiger charge is -2.20. The van der Waals surface area contributed by atoms with E-state index in [9.17, 15) is 0 Å². The molecular formula is C11H14O2. The van der Waals surface area contributed by atoms with Crippen LogP contribution in [0.5, 0.6) is 11.5 Å². The average Bonchev–Trinajstić information content (AvgIpc) is 2.11. The molecular weight excluding hydrogens is 164 g/mol. The maximum absolute atomic E-state index is 5.71. The van der Waals surface area contributed by atoms with Crippen LogP contribution in [0.15, 0.2) is 24.3 Å². The van der Waals surface area contributed by atoms with E-state index >= 15 is 0 Å². The molecule has 70 valence electrons. The number of benzene rings is 1. The standard InChI is InChI=1S/C11H14O2/c1-9-5-4-8-12-10-6-2-3-7-11(10)13-9/h2-3,6-7,9H,4-5,8H2,1H3. The van der Waals surface area contributed by atoms with E-state index in [1.807, 2.05) is 24.3 Å². The van der Waals surface area contributed by atoms with Gasteiger partial charge in [0, 0.05) is 0 Å². The van der Waals surface area contributed by atoms with Gasteiger partial charge >= 0.3 is 0 Å². The fourth-order valence-electron chi connectivity index (χ4n) is 1.50. The molecule has 0 amide bonds. The molecule has 0 aliphatic carbocycles. The summed E-state index contributed by atoms with van der Waals surface area (Å²) in [7, 11) is 0. The van der Waals surface area contributed by atoms with Crippen LogP contribution < -0.4 is 9.47 Å². The maximum Gasteiger partial charge on any atom is 0.161 e. The smallest absolute Gasteiger partial charge is 0.161 e. The van der Waals surface area contributed by atoms with Gasteiger partial charge < -0.3 is 9.47 Å². The second-order valence-corrected chi connectivity index (χ2v) is 3.37. The van der Waals surface area contributed by atoms with Crippen molar-refractivity contribution in [2.45, 2.75) is 25.9 Å². The first kappa shape index (κ1) is 8.42.